The normalized spacial score (nSPS) is 13.2. The van der Waals surface area contributed by atoms with Gasteiger partial charge in [0.15, 0.2) is 5.65 Å². The zero-order valence-electron chi connectivity index (χ0n) is 9.23. The van der Waals surface area contributed by atoms with Gasteiger partial charge in [0.25, 0.3) is 5.56 Å². The largest absolute Gasteiger partial charge is 0.378 e. The molecule has 0 aliphatic carbocycles. The van der Waals surface area contributed by atoms with Gasteiger partial charge in [-0.15, -0.1) is 0 Å². The van der Waals surface area contributed by atoms with Crippen molar-refractivity contribution >= 4 is 5.65 Å². The summed E-state index contributed by atoms with van der Waals surface area (Å²) in [6.07, 6.45) is 0. The molecular formula is C10H14N4O2. The fourth-order valence-electron chi connectivity index (χ4n) is 1.52. The van der Waals surface area contributed by atoms with Crippen molar-refractivity contribution in [3.63, 3.8) is 0 Å². The summed E-state index contributed by atoms with van der Waals surface area (Å²) in [5.41, 5.74) is 7.48. The summed E-state index contributed by atoms with van der Waals surface area (Å²) in [4.78, 5) is 16.0. The maximum atomic E-state index is 11.7. The molecule has 6 heteroatoms. The van der Waals surface area contributed by atoms with E-state index in [9.17, 15) is 4.79 Å². The van der Waals surface area contributed by atoms with Gasteiger partial charge >= 0.3 is 0 Å². The minimum absolute atomic E-state index is 0.167. The lowest BCUT2D eigenvalue weighted by Crippen LogP contribution is -2.18. The van der Waals surface area contributed by atoms with Crippen LogP contribution < -0.4 is 11.3 Å². The summed E-state index contributed by atoms with van der Waals surface area (Å²) in [7, 11) is 1.59. The molecule has 0 fully saturated rings. The second kappa shape index (κ2) is 4.07. The van der Waals surface area contributed by atoms with Gasteiger partial charge in [-0.25, -0.2) is 9.50 Å². The molecule has 3 N–H and O–H groups in total. The fraction of sp³-hybridized carbons (Fsp3) is 0.400. The molecule has 86 valence electrons. The molecule has 2 rings (SSSR count). The van der Waals surface area contributed by atoms with Crippen molar-refractivity contribution in [2.24, 2.45) is 5.73 Å². The van der Waals surface area contributed by atoms with Crippen molar-refractivity contribution in [3.05, 3.63) is 33.9 Å². The van der Waals surface area contributed by atoms with E-state index in [1.165, 1.54) is 10.6 Å². The first-order valence-electron chi connectivity index (χ1n) is 4.98. The number of fused-ring (bicyclic) bond motifs is 1. The number of H-pyrrole nitrogens is 1. The molecule has 0 bridgehead atoms. The van der Waals surface area contributed by atoms with Crippen LogP contribution in [0.15, 0.2) is 16.9 Å². The van der Waals surface area contributed by atoms with E-state index in [0.717, 1.165) is 5.69 Å². The SMILES string of the molecule is COCc1cc2nc(C(C)N)cc(=O)n2[nH]1. The smallest absolute Gasteiger partial charge is 0.272 e. The Morgan fingerprint density at radius 3 is 3.00 bits per heavy atom. The summed E-state index contributed by atoms with van der Waals surface area (Å²) in [6, 6.07) is 2.96. The van der Waals surface area contributed by atoms with Gasteiger partial charge in [-0.2, -0.15) is 0 Å². The molecule has 6 nitrogen and oxygen atoms in total. The molecule has 1 atom stereocenters. The Hall–Kier alpha value is -1.66. The molecule has 1 unspecified atom stereocenters. The van der Waals surface area contributed by atoms with Crippen molar-refractivity contribution in [2.45, 2.75) is 19.6 Å². The Balaban J connectivity index is 2.59. The van der Waals surface area contributed by atoms with E-state index in [1.807, 2.05) is 0 Å². The monoisotopic (exact) mass is 222 g/mol. The van der Waals surface area contributed by atoms with Gasteiger partial charge in [0.2, 0.25) is 0 Å². The predicted octanol–water partition coefficient (Wildman–Crippen LogP) is 0.189. The Kier molecular flexibility index (Phi) is 2.76. The minimum atomic E-state index is -0.251. The van der Waals surface area contributed by atoms with Gasteiger partial charge in [0.1, 0.15) is 0 Å². The van der Waals surface area contributed by atoms with Crippen LogP contribution >= 0.6 is 0 Å². The molecule has 0 aliphatic rings. The molecule has 0 aliphatic heterocycles. The van der Waals surface area contributed by atoms with Crippen molar-refractivity contribution in [1.29, 1.82) is 0 Å². The van der Waals surface area contributed by atoms with Gasteiger partial charge in [-0.3, -0.25) is 9.89 Å². The first-order chi connectivity index (χ1) is 7.61. The first kappa shape index (κ1) is 10.8. The maximum Gasteiger partial charge on any atom is 0.272 e. The van der Waals surface area contributed by atoms with E-state index >= 15 is 0 Å². The van der Waals surface area contributed by atoms with Crippen LogP contribution in [-0.4, -0.2) is 21.7 Å². The second-order valence-electron chi connectivity index (χ2n) is 3.72. The average molecular weight is 222 g/mol. The third-order valence-electron chi connectivity index (χ3n) is 2.29. The van der Waals surface area contributed by atoms with Crippen LogP contribution in [0.3, 0.4) is 0 Å². The average Bonchev–Trinajstić information content (AvgIpc) is 2.61. The van der Waals surface area contributed by atoms with Crippen LogP contribution in [0, 0.1) is 0 Å². The highest BCUT2D eigenvalue weighted by molar-refractivity contribution is 5.39. The molecule has 2 aromatic heterocycles. The molecule has 0 aromatic carbocycles. The summed E-state index contributed by atoms with van der Waals surface area (Å²) in [5.74, 6) is 0. The maximum absolute atomic E-state index is 11.7. The summed E-state index contributed by atoms with van der Waals surface area (Å²) >= 11 is 0. The van der Waals surface area contributed by atoms with Crippen LogP contribution in [0.1, 0.15) is 24.4 Å². The number of methoxy groups -OCH3 is 1. The van der Waals surface area contributed by atoms with E-state index < -0.39 is 0 Å². The summed E-state index contributed by atoms with van der Waals surface area (Å²) in [5, 5.41) is 2.91. The molecule has 2 aromatic rings. The van der Waals surface area contributed by atoms with Gasteiger partial charge in [0, 0.05) is 25.3 Å². The molecule has 16 heavy (non-hydrogen) atoms. The number of nitrogens with zero attached hydrogens (tertiary/aromatic N) is 2. The lowest BCUT2D eigenvalue weighted by atomic mass is 10.2. The number of nitrogens with two attached hydrogens (primary N) is 1. The predicted molar refractivity (Wildman–Crippen MR) is 59.1 cm³/mol. The highest BCUT2D eigenvalue weighted by atomic mass is 16.5. The van der Waals surface area contributed by atoms with Crippen LogP contribution in [0.2, 0.25) is 0 Å². The van der Waals surface area contributed by atoms with Gasteiger partial charge in [0.05, 0.1) is 18.0 Å². The highest BCUT2D eigenvalue weighted by Crippen LogP contribution is 2.07. The van der Waals surface area contributed by atoms with Gasteiger partial charge in [-0.05, 0) is 6.92 Å². The molecule has 0 amide bonds. The second-order valence-corrected chi connectivity index (χ2v) is 3.72. The number of ether oxygens (including phenoxy) is 1. The Morgan fingerprint density at radius 2 is 2.38 bits per heavy atom. The molecule has 0 saturated carbocycles. The van der Waals surface area contributed by atoms with Crippen LogP contribution in [-0.2, 0) is 11.3 Å². The van der Waals surface area contributed by atoms with E-state index in [2.05, 4.69) is 10.1 Å². The van der Waals surface area contributed by atoms with Crippen molar-refractivity contribution < 1.29 is 4.74 Å². The van der Waals surface area contributed by atoms with E-state index in [4.69, 9.17) is 10.5 Å². The molecule has 0 radical (unpaired) electrons. The lowest BCUT2D eigenvalue weighted by molar-refractivity contribution is 0.181. The minimum Gasteiger partial charge on any atom is -0.378 e. The van der Waals surface area contributed by atoms with Crippen molar-refractivity contribution in [1.82, 2.24) is 14.6 Å². The van der Waals surface area contributed by atoms with Crippen LogP contribution in [0.5, 0.6) is 0 Å². The Labute approximate surface area is 92.0 Å². The fourth-order valence-corrected chi connectivity index (χ4v) is 1.52. The van der Waals surface area contributed by atoms with Crippen LogP contribution in [0.4, 0.5) is 0 Å². The summed E-state index contributed by atoms with van der Waals surface area (Å²) in [6.45, 7) is 2.21. The number of aromatic nitrogens is 3. The molecule has 0 saturated heterocycles. The Morgan fingerprint density at radius 1 is 1.62 bits per heavy atom. The van der Waals surface area contributed by atoms with Gasteiger partial charge < -0.3 is 10.5 Å². The Bertz CT molecular complexity index is 555. The molecule has 2 heterocycles. The standard InChI is InChI=1S/C10H14N4O2/c1-6(11)8-4-10(15)14-9(12-8)3-7(13-14)5-16-2/h3-4,6,13H,5,11H2,1-2H3. The quantitative estimate of drug-likeness (QED) is 0.776. The van der Waals surface area contributed by atoms with E-state index in [0.29, 0.717) is 17.9 Å². The van der Waals surface area contributed by atoms with Crippen molar-refractivity contribution in [2.75, 3.05) is 7.11 Å². The number of rotatable bonds is 3. The number of aromatic amines is 1. The first-order valence-corrected chi connectivity index (χ1v) is 4.98. The third kappa shape index (κ3) is 1.84. The topological polar surface area (TPSA) is 85.4 Å². The number of hydrogen-bond acceptors (Lipinski definition) is 4. The van der Waals surface area contributed by atoms with Gasteiger partial charge in [-0.1, -0.05) is 0 Å². The summed E-state index contributed by atoms with van der Waals surface area (Å²) < 4.78 is 6.35. The highest BCUT2D eigenvalue weighted by Gasteiger charge is 2.08. The molecule has 0 spiro atoms. The lowest BCUT2D eigenvalue weighted by Gasteiger charge is -2.03. The van der Waals surface area contributed by atoms with E-state index in [-0.39, 0.29) is 11.6 Å². The third-order valence-corrected chi connectivity index (χ3v) is 2.29. The zero-order chi connectivity index (χ0) is 11.7. The van der Waals surface area contributed by atoms with Crippen LogP contribution in [0.25, 0.3) is 5.65 Å². The number of hydrogen-bond donors (Lipinski definition) is 2. The molecular weight excluding hydrogens is 208 g/mol. The zero-order valence-corrected chi connectivity index (χ0v) is 9.23. The van der Waals surface area contributed by atoms with E-state index in [1.54, 1.807) is 20.1 Å². The number of nitrogens with one attached hydrogen (secondary N) is 1. The van der Waals surface area contributed by atoms with Crippen molar-refractivity contribution in [3.8, 4) is 0 Å².